The zero-order valence-corrected chi connectivity index (χ0v) is 10.4. The third kappa shape index (κ3) is 2.74. The summed E-state index contributed by atoms with van der Waals surface area (Å²) in [4.78, 5) is 15.9. The van der Waals surface area contributed by atoms with E-state index in [0.29, 0.717) is 15.7 Å². The Bertz CT molecular complexity index is 479. The Hall–Kier alpha value is -1.17. The van der Waals surface area contributed by atoms with E-state index in [0.717, 1.165) is 0 Å². The fourth-order valence-electron chi connectivity index (χ4n) is 1.31. The van der Waals surface area contributed by atoms with Crippen molar-refractivity contribution in [2.24, 2.45) is 10.2 Å². The summed E-state index contributed by atoms with van der Waals surface area (Å²) in [5.74, 6) is -0.452. The van der Waals surface area contributed by atoms with Gasteiger partial charge in [0, 0.05) is 5.02 Å². The van der Waals surface area contributed by atoms with Crippen LogP contribution >= 0.6 is 23.2 Å². The first kappa shape index (κ1) is 12.3. The summed E-state index contributed by atoms with van der Waals surface area (Å²) < 4.78 is 0. The number of carbonyl (C=O) groups is 1. The van der Waals surface area contributed by atoms with Gasteiger partial charge in [0.25, 0.3) is 0 Å². The number of carbonyl (C=O) groups excluding carboxylic acids is 1. The van der Waals surface area contributed by atoms with Crippen LogP contribution in [0.15, 0.2) is 28.4 Å². The minimum Gasteiger partial charge on any atom is -0.368 e. The highest BCUT2D eigenvalue weighted by Crippen LogP contribution is 2.28. The van der Waals surface area contributed by atoms with Crippen molar-refractivity contribution >= 4 is 34.9 Å². The maximum Gasteiger partial charge on any atom is 0.353 e. The number of hydroxylamine groups is 1. The van der Waals surface area contributed by atoms with E-state index in [1.54, 1.807) is 25.1 Å². The monoisotopic (exact) mass is 273 g/mol. The lowest BCUT2D eigenvalue weighted by molar-refractivity contribution is -0.143. The molecular weight excluding hydrogens is 265 g/mol. The first-order chi connectivity index (χ1) is 8.08. The van der Waals surface area contributed by atoms with Crippen LogP contribution in [0.2, 0.25) is 10.0 Å². The van der Waals surface area contributed by atoms with E-state index >= 15 is 0 Å². The average molecular weight is 274 g/mol. The molecule has 1 aliphatic rings. The van der Waals surface area contributed by atoms with Crippen molar-refractivity contribution in [1.29, 1.82) is 0 Å². The topological polar surface area (TPSA) is 63.0 Å². The minimum absolute atomic E-state index is 0.211. The van der Waals surface area contributed by atoms with Crippen LogP contribution in [0.1, 0.15) is 6.92 Å². The molecule has 0 saturated carbocycles. The quantitative estimate of drug-likeness (QED) is 0.843. The molecule has 0 amide bonds. The van der Waals surface area contributed by atoms with Crippen LogP contribution in [0.4, 0.5) is 5.69 Å². The van der Waals surface area contributed by atoms with Gasteiger partial charge in [0.05, 0.1) is 11.1 Å². The van der Waals surface area contributed by atoms with Gasteiger partial charge in [-0.3, -0.25) is 0 Å². The summed E-state index contributed by atoms with van der Waals surface area (Å²) in [5.41, 5.74) is 2.98. The smallest absolute Gasteiger partial charge is 0.353 e. The third-order valence-electron chi connectivity index (χ3n) is 2.26. The molecular formula is C10H9Cl2N3O2. The van der Waals surface area contributed by atoms with Gasteiger partial charge in [0.2, 0.25) is 0 Å². The van der Waals surface area contributed by atoms with Gasteiger partial charge in [-0.1, -0.05) is 23.2 Å². The molecule has 1 aromatic rings. The second-order valence-corrected chi connectivity index (χ2v) is 4.43. The molecule has 17 heavy (non-hydrogen) atoms. The SMILES string of the molecule is C[C@H]1NOC(=O)[C@H]1N=Nc1ccc(Cl)cc1Cl. The Morgan fingerprint density at radius 3 is 2.76 bits per heavy atom. The molecule has 0 radical (unpaired) electrons. The van der Waals surface area contributed by atoms with E-state index in [1.807, 2.05) is 0 Å². The molecule has 2 atom stereocenters. The molecule has 0 spiro atoms. The molecule has 0 unspecified atom stereocenters. The first-order valence-corrected chi connectivity index (χ1v) is 5.65. The van der Waals surface area contributed by atoms with Crippen molar-refractivity contribution in [3.63, 3.8) is 0 Å². The van der Waals surface area contributed by atoms with Crippen molar-refractivity contribution in [3.8, 4) is 0 Å². The Labute approximate surface area is 108 Å². The molecule has 5 nitrogen and oxygen atoms in total. The van der Waals surface area contributed by atoms with E-state index < -0.39 is 12.0 Å². The van der Waals surface area contributed by atoms with Crippen LogP contribution in [-0.4, -0.2) is 18.1 Å². The summed E-state index contributed by atoms with van der Waals surface area (Å²) in [5, 5.41) is 8.73. The van der Waals surface area contributed by atoms with Crippen molar-refractivity contribution in [2.45, 2.75) is 19.0 Å². The van der Waals surface area contributed by atoms with E-state index in [9.17, 15) is 4.79 Å². The fraction of sp³-hybridized carbons (Fsp3) is 0.300. The Morgan fingerprint density at radius 2 is 2.18 bits per heavy atom. The number of hydrogen-bond acceptors (Lipinski definition) is 5. The highest BCUT2D eigenvalue weighted by Gasteiger charge is 2.34. The van der Waals surface area contributed by atoms with E-state index in [4.69, 9.17) is 23.2 Å². The molecule has 0 bridgehead atoms. The van der Waals surface area contributed by atoms with Crippen LogP contribution in [0.25, 0.3) is 0 Å². The lowest BCUT2D eigenvalue weighted by atomic mass is 10.2. The molecule has 1 aromatic carbocycles. The minimum atomic E-state index is -0.651. The predicted octanol–water partition coefficient (Wildman–Crippen LogP) is 2.90. The standard InChI is InChI=1S/C10H9Cl2N3O2/c1-5-9(10(16)17-15-5)14-13-8-3-2-6(11)4-7(8)12/h2-5,9,15H,1H3/t5-,9+/m1/s1. The van der Waals surface area contributed by atoms with Crippen LogP contribution < -0.4 is 5.48 Å². The number of nitrogens with one attached hydrogen (secondary N) is 1. The van der Waals surface area contributed by atoms with E-state index in [1.165, 1.54) is 0 Å². The van der Waals surface area contributed by atoms with Gasteiger partial charge >= 0.3 is 5.97 Å². The molecule has 1 saturated heterocycles. The second kappa shape index (κ2) is 5.00. The van der Waals surface area contributed by atoms with Gasteiger partial charge in [0.15, 0.2) is 6.04 Å². The largest absolute Gasteiger partial charge is 0.368 e. The second-order valence-electron chi connectivity index (χ2n) is 3.58. The van der Waals surface area contributed by atoms with Crippen LogP contribution in [0.3, 0.4) is 0 Å². The lowest BCUT2D eigenvalue weighted by Gasteiger charge is -2.02. The summed E-state index contributed by atoms with van der Waals surface area (Å²) in [7, 11) is 0. The Balaban J connectivity index is 2.17. The summed E-state index contributed by atoms with van der Waals surface area (Å²) in [6.45, 7) is 1.78. The Morgan fingerprint density at radius 1 is 1.41 bits per heavy atom. The molecule has 1 aliphatic heterocycles. The van der Waals surface area contributed by atoms with Gasteiger partial charge < -0.3 is 4.84 Å². The van der Waals surface area contributed by atoms with Crippen molar-refractivity contribution in [2.75, 3.05) is 0 Å². The fourth-order valence-corrected chi connectivity index (χ4v) is 1.76. The number of rotatable bonds is 2. The number of azo groups is 1. The molecule has 0 aromatic heterocycles. The molecule has 0 aliphatic carbocycles. The average Bonchev–Trinajstić information content (AvgIpc) is 2.58. The summed E-state index contributed by atoms with van der Waals surface area (Å²) >= 11 is 11.7. The van der Waals surface area contributed by atoms with Crippen molar-refractivity contribution in [1.82, 2.24) is 5.48 Å². The summed E-state index contributed by atoms with van der Waals surface area (Å²) in [6.07, 6.45) is 0. The summed E-state index contributed by atoms with van der Waals surface area (Å²) in [6, 6.07) is 3.98. The highest BCUT2D eigenvalue weighted by atomic mass is 35.5. The lowest BCUT2D eigenvalue weighted by Crippen LogP contribution is -2.26. The van der Waals surface area contributed by atoms with Crippen molar-refractivity contribution in [3.05, 3.63) is 28.2 Å². The van der Waals surface area contributed by atoms with Gasteiger partial charge in [-0.2, -0.15) is 10.2 Å². The van der Waals surface area contributed by atoms with Gasteiger partial charge in [-0.05, 0) is 25.1 Å². The zero-order valence-electron chi connectivity index (χ0n) is 8.85. The molecule has 1 N–H and O–H groups in total. The maximum atomic E-state index is 11.3. The van der Waals surface area contributed by atoms with Gasteiger partial charge in [-0.15, -0.1) is 5.48 Å². The van der Waals surface area contributed by atoms with Crippen LogP contribution in [0.5, 0.6) is 0 Å². The molecule has 2 rings (SSSR count). The predicted molar refractivity (Wildman–Crippen MR) is 63.5 cm³/mol. The number of halogens is 2. The number of benzene rings is 1. The molecule has 1 heterocycles. The van der Waals surface area contributed by atoms with Crippen LogP contribution in [0, 0.1) is 0 Å². The first-order valence-electron chi connectivity index (χ1n) is 4.90. The van der Waals surface area contributed by atoms with Crippen molar-refractivity contribution < 1.29 is 9.63 Å². The molecule has 1 fully saturated rings. The van der Waals surface area contributed by atoms with Gasteiger partial charge in [-0.25, -0.2) is 4.79 Å². The Kier molecular flexibility index (Phi) is 3.61. The molecule has 90 valence electrons. The normalized spacial score (nSPS) is 24.3. The van der Waals surface area contributed by atoms with E-state index in [-0.39, 0.29) is 6.04 Å². The number of nitrogens with zero attached hydrogens (tertiary/aromatic N) is 2. The number of hydrogen-bond donors (Lipinski definition) is 1. The van der Waals surface area contributed by atoms with Gasteiger partial charge in [0.1, 0.15) is 5.69 Å². The zero-order chi connectivity index (χ0) is 12.4. The van der Waals surface area contributed by atoms with Crippen LogP contribution in [-0.2, 0) is 9.63 Å². The van der Waals surface area contributed by atoms with E-state index in [2.05, 4.69) is 20.5 Å². The maximum absolute atomic E-state index is 11.3. The third-order valence-corrected chi connectivity index (χ3v) is 2.80. The molecule has 7 heteroatoms. The highest BCUT2D eigenvalue weighted by molar-refractivity contribution is 6.36.